The van der Waals surface area contributed by atoms with Gasteiger partial charge in [-0.1, -0.05) is 0 Å². The van der Waals surface area contributed by atoms with E-state index in [2.05, 4.69) is 5.32 Å². The first-order valence-corrected chi connectivity index (χ1v) is 6.27. The van der Waals surface area contributed by atoms with Gasteiger partial charge in [0, 0.05) is 19.8 Å². The number of nitrogens with one attached hydrogen (secondary N) is 1. The predicted molar refractivity (Wildman–Crippen MR) is 63.6 cm³/mol. The quantitative estimate of drug-likeness (QED) is 0.724. The lowest BCUT2D eigenvalue weighted by Gasteiger charge is -2.37. The van der Waals surface area contributed by atoms with Crippen molar-refractivity contribution in [2.24, 2.45) is 5.73 Å². The van der Waals surface area contributed by atoms with Gasteiger partial charge in [0.1, 0.15) is 0 Å². The molecule has 5 nitrogen and oxygen atoms in total. The van der Waals surface area contributed by atoms with Crippen LogP contribution in [0.3, 0.4) is 0 Å². The molecule has 2 heterocycles. The topological polar surface area (TPSA) is 73.6 Å². The van der Waals surface area contributed by atoms with Gasteiger partial charge in [-0.05, 0) is 33.1 Å². The molecule has 5 heteroatoms. The van der Waals surface area contributed by atoms with Crippen LogP contribution in [-0.4, -0.2) is 42.9 Å². The Kier molecular flexibility index (Phi) is 3.43. The zero-order valence-corrected chi connectivity index (χ0v) is 10.6. The summed E-state index contributed by atoms with van der Waals surface area (Å²) >= 11 is 0. The lowest BCUT2D eigenvalue weighted by molar-refractivity contribution is -0.132. The fourth-order valence-corrected chi connectivity index (χ4v) is 2.35. The lowest BCUT2D eigenvalue weighted by Crippen LogP contribution is -2.62. The monoisotopic (exact) mass is 242 g/mol. The Morgan fingerprint density at radius 3 is 2.47 bits per heavy atom. The Morgan fingerprint density at radius 1 is 1.29 bits per heavy atom. The summed E-state index contributed by atoms with van der Waals surface area (Å²) in [6.45, 7) is 5.82. The van der Waals surface area contributed by atoms with Crippen LogP contribution in [0.2, 0.25) is 0 Å². The third kappa shape index (κ3) is 2.46. The Hall–Kier alpha value is -0.650. The molecule has 0 saturated carbocycles. The van der Waals surface area contributed by atoms with Crippen LogP contribution in [0.5, 0.6) is 0 Å². The summed E-state index contributed by atoms with van der Waals surface area (Å²) in [5.74, 6) is -0.0688. The summed E-state index contributed by atoms with van der Waals surface area (Å²) < 4.78 is 10.8. The standard InChI is InChI=1S/C12H22N2O3/c1-9-11(2,3-8-17-9)14-10(15)12(13)4-6-16-7-5-12/h9H,3-8,13H2,1-2H3,(H,14,15). The molecule has 2 rings (SSSR count). The smallest absolute Gasteiger partial charge is 0.240 e. The zero-order valence-electron chi connectivity index (χ0n) is 10.6. The molecule has 0 aromatic carbocycles. The summed E-state index contributed by atoms with van der Waals surface area (Å²) in [5.41, 5.74) is 5.09. The van der Waals surface area contributed by atoms with E-state index in [0.29, 0.717) is 32.7 Å². The highest BCUT2D eigenvalue weighted by Crippen LogP contribution is 2.27. The normalized spacial score (nSPS) is 36.8. The Labute approximate surface area is 102 Å². The van der Waals surface area contributed by atoms with Crippen molar-refractivity contribution >= 4 is 5.91 Å². The summed E-state index contributed by atoms with van der Waals surface area (Å²) in [5, 5.41) is 3.07. The van der Waals surface area contributed by atoms with Crippen LogP contribution < -0.4 is 11.1 Å². The molecule has 0 spiro atoms. The van der Waals surface area contributed by atoms with E-state index in [1.54, 1.807) is 0 Å². The molecule has 0 bridgehead atoms. The van der Waals surface area contributed by atoms with E-state index in [9.17, 15) is 4.79 Å². The van der Waals surface area contributed by atoms with Crippen molar-refractivity contribution in [3.8, 4) is 0 Å². The maximum atomic E-state index is 12.3. The number of hydrogen-bond donors (Lipinski definition) is 2. The molecule has 2 atom stereocenters. The highest BCUT2D eigenvalue weighted by atomic mass is 16.5. The molecular formula is C12H22N2O3. The van der Waals surface area contributed by atoms with Crippen molar-refractivity contribution < 1.29 is 14.3 Å². The van der Waals surface area contributed by atoms with Gasteiger partial charge >= 0.3 is 0 Å². The van der Waals surface area contributed by atoms with Gasteiger partial charge < -0.3 is 20.5 Å². The number of amides is 1. The molecule has 2 saturated heterocycles. The molecule has 0 aromatic heterocycles. The molecule has 98 valence electrons. The van der Waals surface area contributed by atoms with Crippen LogP contribution in [0.1, 0.15) is 33.1 Å². The van der Waals surface area contributed by atoms with Crippen LogP contribution in [-0.2, 0) is 14.3 Å². The second kappa shape index (κ2) is 4.55. The second-order valence-corrected chi connectivity index (χ2v) is 5.40. The molecule has 2 unspecified atom stereocenters. The van der Waals surface area contributed by atoms with Crippen molar-refractivity contribution in [1.29, 1.82) is 0 Å². The van der Waals surface area contributed by atoms with E-state index in [1.165, 1.54) is 0 Å². The average Bonchev–Trinajstić information content (AvgIpc) is 2.60. The lowest BCUT2D eigenvalue weighted by atomic mass is 9.87. The number of hydrogen-bond acceptors (Lipinski definition) is 4. The largest absolute Gasteiger partial charge is 0.381 e. The first-order chi connectivity index (χ1) is 7.96. The molecular weight excluding hydrogens is 220 g/mol. The van der Waals surface area contributed by atoms with E-state index < -0.39 is 5.54 Å². The molecule has 2 fully saturated rings. The minimum atomic E-state index is -0.774. The van der Waals surface area contributed by atoms with E-state index in [0.717, 1.165) is 6.42 Å². The van der Waals surface area contributed by atoms with Crippen LogP contribution >= 0.6 is 0 Å². The van der Waals surface area contributed by atoms with Gasteiger partial charge in [-0.15, -0.1) is 0 Å². The van der Waals surface area contributed by atoms with E-state index in [-0.39, 0.29) is 17.6 Å². The molecule has 1 amide bonds. The van der Waals surface area contributed by atoms with Crippen molar-refractivity contribution in [1.82, 2.24) is 5.32 Å². The van der Waals surface area contributed by atoms with Gasteiger partial charge in [0.05, 0.1) is 17.2 Å². The molecule has 3 N–H and O–H groups in total. The average molecular weight is 242 g/mol. The van der Waals surface area contributed by atoms with Gasteiger partial charge in [-0.25, -0.2) is 0 Å². The van der Waals surface area contributed by atoms with Gasteiger partial charge in [0.15, 0.2) is 0 Å². The van der Waals surface area contributed by atoms with E-state index in [4.69, 9.17) is 15.2 Å². The van der Waals surface area contributed by atoms with Crippen LogP contribution in [0.4, 0.5) is 0 Å². The van der Waals surface area contributed by atoms with Crippen molar-refractivity contribution in [3.05, 3.63) is 0 Å². The molecule has 17 heavy (non-hydrogen) atoms. The third-order valence-electron chi connectivity index (χ3n) is 4.12. The maximum absolute atomic E-state index is 12.3. The first-order valence-electron chi connectivity index (χ1n) is 6.27. The number of ether oxygens (including phenoxy) is 2. The third-order valence-corrected chi connectivity index (χ3v) is 4.12. The number of rotatable bonds is 2. The van der Waals surface area contributed by atoms with Crippen LogP contribution in [0.25, 0.3) is 0 Å². The fourth-order valence-electron chi connectivity index (χ4n) is 2.35. The number of carbonyl (C=O) groups is 1. The Morgan fingerprint density at radius 2 is 1.94 bits per heavy atom. The van der Waals surface area contributed by atoms with Crippen molar-refractivity contribution in [3.63, 3.8) is 0 Å². The summed E-state index contributed by atoms with van der Waals surface area (Å²) in [4.78, 5) is 12.3. The summed E-state index contributed by atoms with van der Waals surface area (Å²) in [6, 6.07) is 0. The minimum absolute atomic E-state index is 0.0369. The second-order valence-electron chi connectivity index (χ2n) is 5.40. The molecule has 2 aliphatic heterocycles. The molecule has 0 aromatic rings. The van der Waals surface area contributed by atoms with Gasteiger partial charge in [-0.3, -0.25) is 4.79 Å². The highest BCUT2D eigenvalue weighted by molar-refractivity contribution is 5.86. The zero-order chi connectivity index (χ0) is 12.5. The Balaban J connectivity index is 2.00. The summed E-state index contributed by atoms with van der Waals surface area (Å²) in [6.07, 6.45) is 2.05. The van der Waals surface area contributed by atoms with E-state index >= 15 is 0 Å². The number of nitrogens with two attached hydrogens (primary N) is 1. The van der Waals surface area contributed by atoms with Gasteiger partial charge in [0.25, 0.3) is 0 Å². The minimum Gasteiger partial charge on any atom is -0.381 e. The summed E-state index contributed by atoms with van der Waals surface area (Å²) in [7, 11) is 0. The first kappa shape index (κ1) is 12.8. The number of carbonyl (C=O) groups excluding carboxylic acids is 1. The SMILES string of the molecule is CC1OCCC1(C)NC(=O)C1(N)CCOCC1. The van der Waals surface area contributed by atoms with Gasteiger partial charge in [0.2, 0.25) is 5.91 Å². The van der Waals surface area contributed by atoms with Crippen molar-refractivity contribution in [2.75, 3.05) is 19.8 Å². The molecule has 0 aliphatic carbocycles. The predicted octanol–water partition coefficient (Wildman–Crippen LogP) is 0.178. The van der Waals surface area contributed by atoms with E-state index in [1.807, 2.05) is 13.8 Å². The van der Waals surface area contributed by atoms with Crippen LogP contribution in [0, 0.1) is 0 Å². The highest BCUT2D eigenvalue weighted by Gasteiger charge is 2.43. The van der Waals surface area contributed by atoms with Crippen LogP contribution in [0.15, 0.2) is 0 Å². The van der Waals surface area contributed by atoms with Gasteiger partial charge in [-0.2, -0.15) is 0 Å². The van der Waals surface area contributed by atoms with Crippen molar-refractivity contribution in [2.45, 2.75) is 50.3 Å². The molecule has 0 radical (unpaired) electrons. The fraction of sp³-hybridized carbons (Fsp3) is 0.917. The maximum Gasteiger partial charge on any atom is 0.240 e. The molecule has 2 aliphatic rings. The Bertz CT molecular complexity index is 302.